The Morgan fingerprint density at radius 1 is 1.16 bits per heavy atom. The standard InChI is InChI=1S/C16H28N2O/c1-5-13(6-2)18(4)15(12-17)14-10-8-9-11-16(14)19-7-3/h8-11,13,15H,5-7,12,17H2,1-4H3. The number of benzene rings is 1. The van der Waals surface area contributed by atoms with Gasteiger partial charge in [0.15, 0.2) is 0 Å². The summed E-state index contributed by atoms with van der Waals surface area (Å²) < 4.78 is 5.73. The molecule has 0 amide bonds. The largest absolute Gasteiger partial charge is 0.494 e. The normalized spacial score (nSPS) is 13.0. The van der Waals surface area contributed by atoms with Crippen molar-refractivity contribution in [1.29, 1.82) is 0 Å². The Bertz CT molecular complexity index is 364. The van der Waals surface area contributed by atoms with Crippen LogP contribution in [0, 0.1) is 0 Å². The molecule has 0 saturated heterocycles. The smallest absolute Gasteiger partial charge is 0.124 e. The minimum absolute atomic E-state index is 0.215. The Hall–Kier alpha value is -1.06. The van der Waals surface area contributed by atoms with Crippen LogP contribution in [0.5, 0.6) is 5.75 Å². The lowest BCUT2D eigenvalue weighted by atomic mass is 10.0. The van der Waals surface area contributed by atoms with E-state index in [1.165, 1.54) is 5.56 Å². The van der Waals surface area contributed by atoms with E-state index in [0.29, 0.717) is 19.2 Å². The lowest BCUT2D eigenvalue weighted by molar-refractivity contribution is 0.164. The summed E-state index contributed by atoms with van der Waals surface area (Å²) in [4.78, 5) is 2.39. The second-order valence-corrected chi connectivity index (χ2v) is 4.86. The van der Waals surface area contributed by atoms with Gasteiger partial charge in [0.2, 0.25) is 0 Å². The lowest BCUT2D eigenvalue weighted by Crippen LogP contribution is -2.38. The molecule has 3 heteroatoms. The maximum atomic E-state index is 6.02. The predicted molar refractivity (Wildman–Crippen MR) is 81.5 cm³/mol. The van der Waals surface area contributed by atoms with E-state index < -0.39 is 0 Å². The molecule has 1 rings (SSSR count). The first kappa shape index (κ1) is 16.0. The first-order valence-corrected chi connectivity index (χ1v) is 7.33. The van der Waals surface area contributed by atoms with Gasteiger partial charge in [-0.2, -0.15) is 0 Å². The number of likely N-dealkylation sites (N-methyl/N-ethyl adjacent to an activating group) is 1. The van der Waals surface area contributed by atoms with Crippen molar-refractivity contribution in [2.45, 2.75) is 45.7 Å². The summed E-state index contributed by atoms with van der Waals surface area (Å²) in [5.41, 5.74) is 7.22. The molecule has 0 saturated carbocycles. The van der Waals surface area contributed by atoms with E-state index in [9.17, 15) is 0 Å². The average molecular weight is 264 g/mol. The molecule has 0 aliphatic heterocycles. The minimum atomic E-state index is 0.215. The van der Waals surface area contributed by atoms with Crippen molar-refractivity contribution in [2.24, 2.45) is 5.73 Å². The molecule has 0 aromatic heterocycles. The molecule has 3 nitrogen and oxygen atoms in total. The van der Waals surface area contributed by atoms with Crippen LogP contribution in [-0.2, 0) is 0 Å². The average Bonchev–Trinajstić information content (AvgIpc) is 2.43. The summed E-state index contributed by atoms with van der Waals surface area (Å²) in [6.45, 7) is 7.76. The highest BCUT2D eigenvalue weighted by atomic mass is 16.5. The number of nitrogens with two attached hydrogens (primary N) is 1. The van der Waals surface area contributed by atoms with Gasteiger partial charge in [-0.1, -0.05) is 32.0 Å². The van der Waals surface area contributed by atoms with Crippen LogP contribution in [0.3, 0.4) is 0 Å². The first-order valence-electron chi connectivity index (χ1n) is 7.33. The van der Waals surface area contributed by atoms with Crippen LogP contribution in [0.25, 0.3) is 0 Å². The summed E-state index contributed by atoms with van der Waals surface area (Å²) >= 11 is 0. The van der Waals surface area contributed by atoms with Crippen molar-refractivity contribution < 1.29 is 4.74 Å². The van der Waals surface area contributed by atoms with E-state index >= 15 is 0 Å². The molecule has 2 N–H and O–H groups in total. The summed E-state index contributed by atoms with van der Waals surface area (Å²) in [5, 5.41) is 0. The molecule has 0 heterocycles. The van der Waals surface area contributed by atoms with Crippen LogP contribution in [0.15, 0.2) is 24.3 Å². The molecular weight excluding hydrogens is 236 g/mol. The second kappa shape index (κ2) is 8.18. The van der Waals surface area contributed by atoms with E-state index in [2.05, 4.69) is 37.9 Å². The van der Waals surface area contributed by atoms with Gasteiger partial charge in [-0.05, 0) is 32.9 Å². The number of ether oxygens (including phenoxy) is 1. The van der Waals surface area contributed by atoms with E-state index in [4.69, 9.17) is 10.5 Å². The monoisotopic (exact) mass is 264 g/mol. The van der Waals surface area contributed by atoms with Crippen molar-refractivity contribution in [1.82, 2.24) is 4.90 Å². The van der Waals surface area contributed by atoms with Crippen molar-refractivity contribution in [3.8, 4) is 5.75 Å². The van der Waals surface area contributed by atoms with E-state index in [-0.39, 0.29) is 6.04 Å². The number of para-hydroxylation sites is 1. The van der Waals surface area contributed by atoms with Gasteiger partial charge in [0.1, 0.15) is 5.75 Å². The fraction of sp³-hybridized carbons (Fsp3) is 0.625. The number of hydrogen-bond donors (Lipinski definition) is 1. The zero-order valence-corrected chi connectivity index (χ0v) is 12.7. The fourth-order valence-corrected chi connectivity index (χ4v) is 2.67. The Labute approximate surface area is 117 Å². The molecule has 0 spiro atoms. The summed E-state index contributed by atoms with van der Waals surface area (Å²) in [6, 6.07) is 9.00. The molecule has 1 aromatic carbocycles. The SMILES string of the molecule is CCOc1ccccc1C(CN)N(C)C(CC)CC. The van der Waals surface area contributed by atoms with Crippen LogP contribution in [0.1, 0.15) is 45.2 Å². The Kier molecular flexibility index (Phi) is 6.89. The highest BCUT2D eigenvalue weighted by Gasteiger charge is 2.23. The van der Waals surface area contributed by atoms with Crippen molar-refractivity contribution >= 4 is 0 Å². The number of rotatable bonds is 8. The molecule has 0 radical (unpaired) electrons. The molecule has 0 fully saturated rings. The van der Waals surface area contributed by atoms with Crippen LogP contribution < -0.4 is 10.5 Å². The van der Waals surface area contributed by atoms with Crippen molar-refractivity contribution in [3.63, 3.8) is 0 Å². The highest BCUT2D eigenvalue weighted by molar-refractivity contribution is 5.36. The topological polar surface area (TPSA) is 38.5 Å². The first-order chi connectivity index (χ1) is 9.19. The summed E-state index contributed by atoms with van der Waals surface area (Å²) in [7, 11) is 2.16. The van der Waals surface area contributed by atoms with Gasteiger partial charge in [-0.25, -0.2) is 0 Å². The third kappa shape index (κ3) is 3.95. The molecule has 0 aliphatic rings. The lowest BCUT2D eigenvalue weighted by Gasteiger charge is -2.34. The van der Waals surface area contributed by atoms with Crippen LogP contribution in [-0.4, -0.2) is 31.1 Å². The van der Waals surface area contributed by atoms with Crippen LogP contribution >= 0.6 is 0 Å². The van der Waals surface area contributed by atoms with Crippen LogP contribution in [0.2, 0.25) is 0 Å². The predicted octanol–water partition coefficient (Wildman–Crippen LogP) is 3.21. The molecule has 1 unspecified atom stereocenters. The maximum absolute atomic E-state index is 6.02. The quantitative estimate of drug-likeness (QED) is 0.783. The summed E-state index contributed by atoms with van der Waals surface area (Å²) in [6.07, 6.45) is 2.28. The molecule has 1 aromatic rings. The number of hydrogen-bond acceptors (Lipinski definition) is 3. The van der Waals surface area contributed by atoms with Crippen molar-refractivity contribution in [2.75, 3.05) is 20.2 Å². The van der Waals surface area contributed by atoms with Gasteiger partial charge in [0, 0.05) is 18.2 Å². The molecule has 108 valence electrons. The summed E-state index contributed by atoms with van der Waals surface area (Å²) in [5.74, 6) is 0.957. The van der Waals surface area contributed by atoms with E-state index in [0.717, 1.165) is 18.6 Å². The van der Waals surface area contributed by atoms with Gasteiger partial charge in [-0.3, -0.25) is 4.90 Å². The van der Waals surface area contributed by atoms with E-state index in [1.807, 2.05) is 19.1 Å². The zero-order chi connectivity index (χ0) is 14.3. The third-order valence-electron chi connectivity index (χ3n) is 3.81. The molecular formula is C16H28N2O. The maximum Gasteiger partial charge on any atom is 0.124 e. The Morgan fingerprint density at radius 3 is 2.32 bits per heavy atom. The minimum Gasteiger partial charge on any atom is -0.494 e. The second-order valence-electron chi connectivity index (χ2n) is 4.86. The molecule has 19 heavy (non-hydrogen) atoms. The molecule has 0 bridgehead atoms. The van der Waals surface area contributed by atoms with Gasteiger partial charge in [-0.15, -0.1) is 0 Å². The van der Waals surface area contributed by atoms with Gasteiger partial charge in [0.25, 0.3) is 0 Å². The van der Waals surface area contributed by atoms with Crippen LogP contribution in [0.4, 0.5) is 0 Å². The van der Waals surface area contributed by atoms with E-state index in [1.54, 1.807) is 0 Å². The number of nitrogens with zero attached hydrogens (tertiary/aromatic N) is 1. The van der Waals surface area contributed by atoms with Gasteiger partial charge < -0.3 is 10.5 Å². The van der Waals surface area contributed by atoms with Gasteiger partial charge in [0.05, 0.1) is 12.6 Å². The fourth-order valence-electron chi connectivity index (χ4n) is 2.67. The third-order valence-corrected chi connectivity index (χ3v) is 3.81. The highest BCUT2D eigenvalue weighted by Crippen LogP contribution is 2.30. The molecule has 0 aliphatic carbocycles. The zero-order valence-electron chi connectivity index (χ0n) is 12.7. The Balaban J connectivity index is 3.02. The van der Waals surface area contributed by atoms with Gasteiger partial charge >= 0.3 is 0 Å². The molecule has 1 atom stereocenters. The van der Waals surface area contributed by atoms with Crippen molar-refractivity contribution in [3.05, 3.63) is 29.8 Å². The Morgan fingerprint density at radius 2 is 1.79 bits per heavy atom.